The molecule has 0 saturated heterocycles. The summed E-state index contributed by atoms with van der Waals surface area (Å²) in [5, 5.41) is 10.6. The minimum absolute atomic E-state index is 0.413. The zero-order valence-electron chi connectivity index (χ0n) is 11.4. The highest BCUT2D eigenvalue weighted by atomic mass is 35.5. The largest absolute Gasteiger partial charge is 0.459 e. The van der Waals surface area contributed by atoms with E-state index in [0.29, 0.717) is 16.3 Å². The van der Waals surface area contributed by atoms with Crippen molar-refractivity contribution >= 4 is 22.6 Å². The number of hydrogen-bond acceptors (Lipinski definition) is 3. The number of benzene rings is 2. The maximum atomic E-state index is 8.98. The van der Waals surface area contributed by atoms with Gasteiger partial charge < -0.3 is 10.2 Å². The lowest BCUT2D eigenvalue weighted by Gasteiger charge is -2.10. The number of furan rings is 1. The van der Waals surface area contributed by atoms with Gasteiger partial charge in [-0.05, 0) is 42.8 Å². The van der Waals surface area contributed by atoms with Crippen LogP contribution in [0.3, 0.4) is 0 Å². The molecule has 104 valence electrons. The van der Waals surface area contributed by atoms with E-state index in [0.717, 1.165) is 22.1 Å². The molecule has 1 atom stereocenters. The molecule has 0 aliphatic rings. The van der Waals surface area contributed by atoms with Gasteiger partial charge in [-0.1, -0.05) is 23.7 Å². The molecule has 0 radical (unpaired) electrons. The van der Waals surface area contributed by atoms with E-state index in [1.165, 1.54) is 0 Å². The van der Waals surface area contributed by atoms with Gasteiger partial charge in [0.25, 0.3) is 0 Å². The van der Waals surface area contributed by atoms with Crippen LogP contribution in [-0.4, -0.2) is 0 Å². The second-order valence-corrected chi connectivity index (χ2v) is 5.38. The first-order chi connectivity index (χ1) is 10.1. The average molecular weight is 297 g/mol. The van der Waals surface area contributed by atoms with E-state index in [-0.39, 0.29) is 0 Å². The van der Waals surface area contributed by atoms with Crippen LogP contribution in [0.4, 0.5) is 0 Å². The van der Waals surface area contributed by atoms with Crippen LogP contribution in [0.1, 0.15) is 28.5 Å². The van der Waals surface area contributed by atoms with E-state index in [2.05, 4.69) is 6.07 Å². The van der Waals surface area contributed by atoms with Crippen LogP contribution >= 0.6 is 11.6 Å². The van der Waals surface area contributed by atoms with Crippen molar-refractivity contribution in [3.63, 3.8) is 0 Å². The molecule has 0 saturated carbocycles. The fraction of sp³-hybridized carbons (Fsp3) is 0.118. The zero-order chi connectivity index (χ0) is 15.0. The Morgan fingerprint density at radius 1 is 1.24 bits per heavy atom. The van der Waals surface area contributed by atoms with Gasteiger partial charge in [-0.15, -0.1) is 0 Å². The zero-order valence-corrected chi connectivity index (χ0v) is 12.2. The van der Waals surface area contributed by atoms with Crippen molar-refractivity contribution in [2.45, 2.75) is 13.0 Å². The number of nitrogens with two attached hydrogens (primary N) is 1. The van der Waals surface area contributed by atoms with Gasteiger partial charge in [0.1, 0.15) is 11.3 Å². The third-order valence-electron chi connectivity index (χ3n) is 3.59. The Kier molecular flexibility index (Phi) is 3.42. The van der Waals surface area contributed by atoms with Crippen molar-refractivity contribution in [3.8, 4) is 6.07 Å². The molecule has 0 aliphatic carbocycles. The Morgan fingerprint density at radius 3 is 2.81 bits per heavy atom. The highest BCUT2D eigenvalue weighted by molar-refractivity contribution is 6.31. The van der Waals surface area contributed by atoms with E-state index in [4.69, 9.17) is 27.0 Å². The topological polar surface area (TPSA) is 63.0 Å². The fourth-order valence-electron chi connectivity index (χ4n) is 2.46. The van der Waals surface area contributed by atoms with Crippen molar-refractivity contribution in [2.75, 3.05) is 0 Å². The molecule has 1 unspecified atom stereocenters. The SMILES string of the molecule is Cc1c(C(N)c2cccc(C#N)c2)oc2ccc(Cl)cc12. The number of halogens is 1. The highest BCUT2D eigenvalue weighted by Crippen LogP contribution is 2.33. The minimum Gasteiger partial charge on any atom is -0.459 e. The quantitative estimate of drug-likeness (QED) is 0.766. The molecule has 0 fully saturated rings. The van der Waals surface area contributed by atoms with Gasteiger partial charge in [0.2, 0.25) is 0 Å². The number of nitriles is 1. The van der Waals surface area contributed by atoms with E-state index >= 15 is 0 Å². The molecule has 0 amide bonds. The Labute approximate surface area is 127 Å². The Balaban J connectivity index is 2.11. The van der Waals surface area contributed by atoms with Gasteiger partial charge in [0.15, 0.2) is 0 Å². The average Bonchev–Trinajstić information content (AvgIpc) is 2.83. The monoisotopic (exact) mass is 296 g/mol. The molecule has 21 heavy (non-hydrogen) atoms. The number of rotatable bonds is 2. The molecule has 0 bridgehead atoms. The van der Waals surface area contributed by atoms with E-state index < -0.39 is 6.04 Å². The predicted molar refractivity (Wildman–Crippen MR) is 83.1 cm³/mol. The number of fused-ring (bicyclic) bond motifs is 1. The molecule has 4 heteroatoms. The van der Waals surface area contributed by atoms with Crippen LogP contribution < -0.4 is 5.73 Å². The third kappa shape index (κ3) is 2.40. The first kappa shape index (κ1) is 13.7. The summed E-state index contributed by atoms with van der Waals surface area (Å²) in [6.45, 7) is 1.96. The summed E-state index contributed by atoms with van der Waals surface area (Å²) < 4.78 is 5.88. The van der Waals surface area contributed by atoms with Crippen LogP contribution in [-0.2, 0) is 0 Å². The standard InChI is InChI=1S/C17H13ClN2O/c1-10-14-8-13(18)5-6-15(14)21-17(10)16(20)12-4-2-3-11(7-12)9-19/h2-8,16H,20H2,1H3. The van der Waals surface area contributed by atoms with Crippen molar-refractivity contribution in [1.29, 1.82) is 5.26 Å². The van der Waals surface area contributed by atoms with Crippen LogP contribution in [0, 0.1) is 18.3 Å². The molecule has 3 nitrogen and oxygen atoms in total. The van der Waals surface area contributed by atoms with Gasteiger partial charge in [-0.2, -0.15) is 5.26 Å². The van der Waals surface area contributed by atoms with Crippen molar-refractivity contribution in [2.24, 2.45) is 5.73 Å². The van der Waals surface area contributed by atoms with Crippen molar-refractivity contribution in [1.82, 2.24) is 0 Å². The second kappa shape index (κ2) is 5.25. The summed E-state index contributed by atoms with van der Waals surface area (Å²) in [5.74, 6) is 0.697. The molecule has 0 spiro atoms. The molecule has 2 N–H and O–H groups in total. The van der Waals surface area contributed by atoms with Gasteiger partial charge in [-0.3, -0.25) is 0 Å². The van der Waals surface area contributed by atoms with E-state index in [1.807, 2.05) is 31.2 Å². The normalized spacial score (nSPS) is 12.3. The molecular formula is C17H13ClN2O. The van der Waals surface area contributed by atoms with Crippen LogP contribution in [0.15, 0.2) is 46.9 Å². The lowest BCUT2D eigenvalue weighted by molar-refractivity contribution is 0.521. The molecule has 0 aliphatic heterocycles. The number of hydrogen-bond donors (Lipinski definition) is 1. The van der Waals surface area contributed by atoms with Gasteiger partial charge >= 0.3 is 0 Å². The molecule has 1 aromatic heterocycles. The second-order valence-electron chi connectivity index (χ2n) is 4.95. The Hall–Kier alpha value is -2.28. The third-order valence-corrected chi connectivity index (χ3v) is 3.83. The molecule has 1 heterocycles. The summed E-state index contributed by atoms with van der Waals surface area (Å²) in [6.07, 6.45) is 0. The first-order valence-corrected chi connectivity index (χ1v) is 6.92. The molecular weight excluding hydrogens is 284 g/mol. The van der Waals surface area contributed by atoms with Crippen molar-refractivity contribution < 1.29 is 4.42 Å². The molecule has 3 rings (SSSR count). The Bertz CT molecular complexity index is 861. The smallest absolute Gasteiger partial charge is 0.134 e. The summed E-state index contributed by atoms with van der Waals surface area (Å²) in [5.41, 5.74) is 9.48. The predicted octanol–water partition coefficient (Wildman–Crippen LogP) is 4.31. The molecule has 3 aromatic rings. The van der Waals surface area contributed by atoms with E-state index in [1.54, 1.807) is 18.2 Å². The first-order valence-electron chi connectivity index (χ1n) is 6.54. The number of nitrogens with zero attached hydrogens (tertiary/aromatic N) is 1. The van der Waals surface area contributed by atoms with Crippen LogP contribution in [0.5, 0.6) is 0 Å². The fourth-order valence-corrected chi connectivity index (χ4v) is 2.63. The van der Waals surface area contributed by atoms with Crippen LogP contribution in [0.2, 0.25) is 5.02 Å². The summed E-state index contributed by atoms with van der Waals surface area (Å²) >= 11 is 6.03. The van der Waals surface area contributed by atoms with Crippen LogP contribution in [0.25, 0.3) is 11.0 Å². The number of aryl methyl sites for hydroxylation is 1. The van der Waals surface area contributed by atoms with Gasteiger partial charge in [-0.25, -0.2) is 0 Å². The summed E-state index contributed by atoms with van der Waals surface area (Å²) in [4.78, 5) is 0. The maximum absolute atomic E-state index is 8.98. The van der Waals surface area contributed by atoms with Gasteiger partial charge in [0.05, 0.1) is 17.7 Å². The van der Waals surface area contributed by atoms with E-state index in [9.17, 15) is 0 Å². The minimum atomic E-state index is -0.413. The van der Waals surface area contributed by atoms with Gasteiger partial charge in [0, 0.05) is 16.0 Å². The maximum Gasteiger partial charge on any atom is 0.134 e. The lowest BCUT2D eigenvalue weighted by atomic mass is 10.00. The Morgan fingerprint density at radius 2 is 2.05 bits per heavy atom. The lowest BCUT2D eigenvalue weighted by Crippen LogP contribution is -2.12. The summed E-state index contributed by atoms with van der Waals surface area (Å²) in [7, 11) is 0. The molecule has 2 aromatic carbocycles. The van der Waals surface area contributed by atoms with Crippen molar-refractivity contribution in [3.05, 3.63) is 69.9 Å². The summed E-state index contributed by atoms with van der Waals surface area (Å²) in [6, 6.07) is 14.5. The highest BCUT2D eigenvalue weighted by Gasteiger charge is 2.19.